The van der Waals surface area contributed by atoms with E-state index < -0.39 is 0 Å². The first-order chi connectivity index (χ1) is 64.2. The minimum absolute atomic E-state index is 0.225. The van der Waals surface area contributed by atoms with Crippen LogP contribution in [0, 0.1) is 41.5 Å². The molecule has 6 aromatic carbocycles. The Balaban J connectivity index is 0.000000756. The predicted molar refractivity (Wildman–Crippen MR) is 582 cm³/mol. The molecule has 0 saturated carbocycles. The van der Waals surface area contributed by atoms with E-state index >= 15 is 0 Å². The molecule has 0 radical (unpaired) electrons. The first-order valence-electron chi connectivity index (χ1n) is 48.9. The van der Waals surface area contributed by atoms with Crippen LogP contribution in [0.4, 0.5) is 103 Å². The van der Waals surface area contributed by atoms with E-state index in [1.54, 1.807) is 18.7 Å². The molecule has 720 valence electrons. The summed E-state index contributed by atoms with van der Waals surface area (Å²) in [6, 6.07) is 58.9. The molecule has 12 heterocycles. The highest BCUT2D eigenvalue weighted by Crippen LogP contribution is 2.49. The van der Waals surface area contributed by atoms with E-state index in [0.717, 1.165) is 40.3 Å². The van der Waals surface area contributed by atoms with Gasteiger partial charge < -0.3 is 58.8 Å². The molecule has 0 saturated heterocycles. The van der Waals surface area contributed by atoms with Gasteiger partial charge >= 0.3 is 0 Å². The minimum Gasteiger partial charge on any atom is -0.352 e. The second kappa shape index (κ2) is 62.8. The molecule has 12 aromatic rings. The SMILES string of the molecule is CC.CC.CC.CC.CC.CC.CC.CC.CC.CC.CC.CC.Cc1ccccc1N1c2cccnc2N(C)[C@@H]1C.Cc1ccccc1N1c2ccncc2N(C)[C@@H]1C.Cc1ccccc1N1c2cnccc2N(C)[C@@H]1C.Cc1ccccc1N1c2cncnc2N(C)[C@@H]1C.Cc1ccccc1N1c2cnncc2N(C)[C@@H]1C.Cc1ccccc1N1c2nccnc2N(C)[C@@H]1C. The van der Waals surface area contributed by atoms with Crippen molar-refractivity contribution in [3.63, 3.8) is 0 Å². The van der Waals surface area contributed by atoms with E-state index in [9.17, 15) is 0 Å². The van der Waals surface area contributed by atoms with Gasteiger partial charge in [-0.15, -0.1) is 0 Å². The molecular formula is C111H171N21. The lowest BCUT2D eigenvalue weighted by molar-refractivity contribution is 0.726. The normalized spacial score (nSPS) is 15.3. The fourth-order valence-corrected chi connectivity index (χ4v) is 15.2. The van der Waals surface area contributed by atoms with Gasteiger partial charge in [-0.25, -0.2) is 24.9 Å². The van der Waals surface area contributed by atoms with Crippen LogP contribution in [-0.2, 0) is 0 Å². The summed E-state index contributed by atoms with van der Waals surface area (Å²) in [6.45, 7) is 74.0. The molecule has 0 spiro atoms. The summed E-state index contributed by atoms with van der Waals surface area (Å²) in [6.07, 6.45) is 21.7. The zero-order chi connectivity index (χ0) is 100. The average molecular weight is 1800 g/mol. The number of pyridine rings is 3. The molecule has 0 aliphatic carbocycles. The highest BCUT2D eigenvalue weighted by molar-refractivity contribution is 5.88. The maximum absolute atomic E-state index is 4.48. The van der Waals surface area contributed by atoms with Crippen LogP contribution in [0.5, 0.6) is 0 Å². The zero-order valence-electron chi connectivity index (χ0n) is 89.4. The summed E-state index contributed by atoms with van der Waals surface area (Å²) in [4.78, 5) is 57.5. The number of para-hydroxylation sites is 6. The molecule has 6 aromatic heterocycles. The minimum atomic E-state index is 0.225. The Morgan fingerprint density at radius 2 is 0.424 bits per heavy atom. The van der Waals surface area contributed by atoms with E-state index in [1.807, 2.05) is 222 Å². The van der Waals surface area contributed by atoms with Crippen LogP contribution in [0.2, 0.25) is 0 Å². The van der Waals surface area contributed by atoms with E-state index in [1.165, 1.54) is 95.9 Å². The number of aromatic nitrogens is 9. The number of hydrogen-bond acceptors (Lipinski definition) is 21. The van der Waals surface area contributed by atoms with Crippen LogP contribution in [0.25, 0.3) is 0 Å². The summed E-state index contributed by atoms with van der Waals surface area (Å²) in [7, 11) is 12.5. The van der Waals surface area contributed by atoms with Crippen LogP contribution in [0.15, 0.2) is 238 Å². The van der Waals surface area contributed by atoms with Gasteiger partial charge in [0.15, 0.2) is 23.3 Å². The lowest BCUT2D eigenvalue weighted by Gasteiger charge is -2.28. The van der Waals surface area contributed by atoms with Crippen LogP contribution < -0.4 is 58.8 Å². The average Bonchev–Trinajstić information content (AvgIpc) is 1.66. The molecule has 0 unspecified atom stereocenters. The molecule has 6 atom stereocenters. The van der Waals surface area contributed by atoms with Gasteiger partial charge in [0.25, 0.3) is 0 Å². The van der Waals surface area contributed by atoms with Crippen LogP contribution in [0.3, 0.4) is 0 Å². The van der Waals surface area contributed by atoms with Crippen molar-refractivity contribution in [1.82, 2.24) is 45.1 Å². The smallest absolute Gasteiger partial charge is 0.178 e. The van der Waals surface area contributed by atoms with Gasteiger partial charge in [-0.1, -0.05) is 275 Å². The molecule has 0 fully saturated rings. The van der Waals surface area contributed by atoms with Crippen molar-refractivity contribution < 1.29 is 0 Å². The molecule has 132 heavy (non-hydrogen) atoms. The Labute approximate surface area is 802 Å². The fourth-order valence-electron chi connectivity index (χ4n) is 15.2. The fraction of sp³-hybridized carbons (Fsp3) is 0.432. The van der Waals surface area contributed by atoms with E-state index in [0.29, 0.717) is 12.3 Å². The van der Waals surface area contributed by atoms with Gasteiger partial charge in [0.2, 0.25) is 0 Å². The molecule has 6 aliphatic rings. The maximum atomic E-state index is 4.48. The number of aryl methyl sites for hydroxylation is 6. The van der Waals surface area contributed by atoms with Crippen LogP contribution in [0.1, 0.15) is 241 Å². The quantitative estimate of drug-likeness (QED) is 0.155. The van der Waals surface area contributed by atoms with Gasteiger partial charge in [-0.2, -0.15) is 10.2 Å². The third-order valence-corrected chi connectivity index (χ3v) is 21.9. The third-order valence-electron chi connectivity index (χ3n) is 21.9. The lowest BCUT2D eigenvalue weighted by atomic mass is 10.1. The van der Waals surface area contributed by atoms with Gasteiger partial charge in [-0.05, 0) is 177 Å². The first-order valence-corrected chi connectivity index (χ1v) is 48.9. The number of anilines is 18. The van der Waals surface area contributed by atoms with Crippen molar-refractivity contribution in [2.45, 2.75) is 286 Å². The molecule has 6 aliphatic heterocycles. The largest absolute Gasteiger partial charge is 0.352 e. The summed E-state index contributed by atoms with van der Waals surface area (Å²) < 4.78 is 0. The summed E-state index contributed by atoms with van der Waals surface area (Å²) >= 11 is 0. The second-order valence-electron chi connectivity index (χ2n) is 28.2. The van der Waals surface area contributed by atoms with E-state index in [4.69, 9.17) is 0 Å². The first kappa shape index (κ1) is 118. The van der Waals surface area contributed by atoms with Crippen LogP contribution >= 0.6 is 0 Å². The van der Waals surface area contributed by atoms with Gasteiger partial charge in [0.05, 0.1) is 70.8 Å². The van der Waals surface area contributed by atoms with Crippen molar-refractivity contribution in [2.75, 3.05) is 101 Å². The lowest BCUT2D eigenvalue weighted by Crippen LogP contribution is -2.36. The Hall–Kier alpha value is -12.4. The highest BCUT2D eigenvalue weighted by Gasteiger charge is 2.39. The molecule has 21 nitrogen and oxygen atoms in total. The molecule has 0 bridgehead atoms. The standard InChI is InChI=1S/3C15H17N3.3C14H16N4.12C2H6/c1-11-7-4-5-8-13(11)18-12(2)17(3)15-14(18)9-6-10-16-15;1-11-6-4-5-7-13(11)18-12(2)17(3)15-10-16-9-8-14(15)18;1-11-6-4-5-7-13(11)18-12(2)17(3)14-8-9-16-10-15(14)18;1-10-6-4-5-7-12(10)18-11(2)17(3)14-13(18)8-15-9-16-14;1-10-6-4-5-7-12(10)18-11(2)17(3)13-8-15-16-9-14(13)18;1-10-6-4-5-7-12(10)18-11(2)17(3)13-14(18)16-9-8-15-13;12*1-2/h3*4-10,12H,1-3H3;3*4-9,11H,1-3H3;12*1-2H3/t3*12-;3*11-;;;;;;;;;;;;/m000000............/s1. The van der Waals surface area contributed by atoms with Gasteiger partial charge in [0.1, 0.15) is 49.0 Å². The van der Waals surface area contributed by atoms with Crippen molar-refractivity contribution in [3.8, 4) is 0 Å². The molecule has 18 rings (SSSR count). The Bertz CT molecular complexity index is 4300. The number of hydrogen-bond donors (Lipinski definition) is 0. The Morgan fingerprint density at radius 1 is 0.182 bits per heavy atom. The highest BCUT2D eigenvalue weighted by atomic mass is 15.5. The predicted octanol–water partition coefficient (Wildman–Crippen LogP) is 30.4. The number of fused-ring (bicyclic) bond motifs is 6. The number of benzene rings is 6. The Morgan fingerprint density at radius 3 is 0.803 bits per heavy atom. The topological polar surface area (TPSA) is 155 Å². The van der Waals surface area contributed by atoms with E-state index in [2.05, 4.69) is 393 Å². The summed E-state index contributed by atoms with van der Waals surface area (Å²) in [5.74, 6) is 3.91. The summed E-state index contributed by atoms with van der Waals surface area (Å²) in [5.41, 5.74) is 24.4. The number of rotatable bonds is 6. The van der Waals surface area contributed by atoms with Crippen molar-refractivity contribution in [1.29, 1.82) is 0 Å². The van der Waals surface area contributed by atoms with E-state index in [-0.39, 0.29) is 24.7 Å². The third kappa shape index (κ3) is 27.9. The van der Waals surface area contributed by atoms with Crippen molar-refractivity contribution in [2.24, 2.45) is 0 Å². The monoisotopic (exact) mass is 1800 g/mol. The molecule has 0 N–H and O–H groups in total. The van der Waals surface area contributed by atoms with Gasteiger partial charge in [-0.3, -0.25) is 9.97 Å². The Kier molecular flexibility index (Phi) is 56.0. The van der Waals surface area contributed by atoms with Crippen molar-refractivity contribution >= 4 is 103 Å². The molecular weight excluding hydrogens is 1630 g/mol. The second-order valence-corrected chi connectivity index (χ2v) is 28.2. The number of nitrogens with zero attached hydrogens (tertiary/aromatic N) is 21. The summed E-state index contributed by atoms with van der Waals surface area (Å²) in [5, 5.41) is 7.99. The maximum Gasteiger partial charge on any atom is 0.178 e. The molecule has 0 amide bonds. The molecule has 21 heteroatoms. The van der Waals surface area contributed by atoms with Crippen LogP contribution in [-0.4, -0.2) is 124 Å². The van der Waals surface area contributed by atoms with Crippen molar-refractivity contribution in [3.05, 3.63) is 272 Å². The zero-order valence-corrected chi connectivity index (χ0v) is 89.4. The van der Waals surface area contributed by atoms with Gasteiger partial charge in [0, 0.05) is 107 Å².